The van der Waals surface area contributed by atoms with Gasteiger partial charge in [0.05, 0.1) is 13.0 Å². The lowest BCUT2D eigenvalue weighted by Gasteiger charge is -2.28. The van der Waals surface area contributed by atoms with Crippen molar-refractivity contribution in [2.45, 2.75) is 32.1 Å². The minimum absolute atomic E-state index is 0.0932. The summed E-state index contributed by atoms with van der Waals surface area (Å²) in [4.78, 5) is 12.2. The van der Waals surface area contributed by atoms with E-state index in [1.807, 2.05) is 12.1 Å². The van der Waals surface area contributed by atoms with Crippen molar-refractivity contribution in [3.63, 3.8) is 0 Å². The van der Waals surface area contributed by atoms with E-state index in [1.165, 1.54) is 5.56 Å². The Labute approximate surface area is 127 Å². The molecule has 0 spiro atoms. The van der Waals surface area contributed by atoms with Crippen LogP contribution in [0.15, 0.2) is 24.3 Å². The maximum absolute atomic E-state index is 12.2. The van der Waals surface area contributed by atoms with E-state index in [-0.39, 0.29) is 17.2 Å². The maximum Gasteiger partial charge on any atom is 0.224 e. The van der Waals surface area contributed by atoms with Crippen molar-refractivity contribution in [3.8, 4) is 5.75 Å². The molecule has 116 valence electrons. The van der Waals surface area contributed by atoms with E-state index in [0.29, 0.717) is 6.54 Å². The second-order valence-corrected chi connectivity index (χ2v) is 6.37. The van der Waals surface area contributed by atoms with Gasteiger partial charge in [0.25, 0.3) is 0 Å². The summed E-state index contributed by atoms with van der Waals surface area (Å²) in [5.74, 6) is 1.14. The van der Waals surface area contributed by atoms with Crippen molar-refractivity contribution in [2.24, 2.45) is 5.92 Å². The Hall–Kier alpha value is -1.55. The minimum atomic E-state index is -0.0932. The van der Waals surface area contributed by atoms with E-state index >= 15 is 0 Å². The fourth-order valence-corrected chi connectivity index (χ4v) is 2.67. The molecule has 1 atom stereocenters. The summed E-state index contributed by atoms with van der Waals surface area (Å²) < 4.78 is 5.18. The van der Waals surface area contributed by atoms with E-state index in [0.717, 1.165) is 31.7 Å². The molecule has 1 aliphatic heterocycles. The number of carbonyl (C=O) groups excluding carboxylic acids is 1. The Kier molecular flexibility index (Phi) is 5.23. The quantitative estimate of drug-likeness (QED) is 0.873. The van der Waals surface area contributed by atoms with Crippen LogP contribution in [-0.4, -0.2) is 32.7 Å². The molecule has 0 aliphatic carbocycles. The van der Waals surface area contributed by atoms with Gasteiger partial charge < -0.3 is 15.4 Å². The van der Waals surface area contributed by atoms with Crippen LogP contribution in [0.4, 0.5) is 0 Å². The van der Waals surface area contributed by atoms with Gasteiger partial charge in [-0.1, -0.05) is 26.0 Å². The number of methoxy groups -OCH3 is 1. The van der Waals surface area contributed by atoms with Gasteiger partial charge in [0.1, 0.15) is 5.75 Å². The van der Waals surface area contributed by atoms with Crippen LogP contribution in [0.25, 0.3) is 0 Å². The van der Waals surface area contributed by atoms with Crippen molar-refractivity contribution in [1.29, 1.82) is 0 Å². The molecule has 2 rings (SSSR count). The molecule has 2 N–H and O–H groups in total. The van der Waals surface area contributed by atoms with Crippen LogP contribution in [0, 0.1) is 5.92 Å². The molecular weight excluding hydrogens is 264 g/mol. The zero-order chi connectivity index (χ0) is 15.3. The smallest absolute Gasteiger partial charge is 0.224 e. The highest BCUT2D eigenvalue weighted by atomic mass is 16.5. The number of rotatable bonds is 5. The van der Waals surface area contributed by atoms with Gasteiger partial charge in [0.2, 0.25) is 5.91 Å². The summed E-state index contributed by atoms with van der Waals surface area (Å²) in [7, 11) is 1.67. The molecule has 1 heterocycles. The van der Waals surface area contributed by atoms with Gasteiger partial charge in [-0.3, -0.25) is 4.79 Å². The molecule has 4 heteroatoms. The van der Waals surface area contributed by atoms with Crippen molar-refractivity contribution < 1.29 is 9.53 Å². The minimum Gasteiger partial charge on any atom is -0.497 e. The first-order valence-corrected chi connectivity index (χ1v) is 7.66. The van der Waals surface area contributed by atoms with E-state index in [2.05, 4.69) is 36.6 Å². The third-order valence-corrected chi connectivity index (χ3v) is 4.24. The summed E-state index contributed by atoms with van der Waals surface area (Å²) in [5, 5.41) is 6.39. The van der Waals surface area contributed by atoms with E-state index in [4.69, 9.17) is 4.74 Å². The summed E-state index contributed by atoms with van der Waals surface area (Å²) in [6.45, 7) is 6.77. The first-order valence-electron chi connectivity index (χ1n) is 7.66. The highest BCUT2D eigenvalue weighted by Crippen LogP contribution is 2.24. The topological polar surface area (TPSA) is 50.4 Å². The number of nitrogens with one attached hydrogen (secondary N) is 2. The van der Waals surface area contributed by atoms with Crippen LogP contribution < -0.4 is 15.4 Å². The van der Waals surface area contributed by atoms with Gasteiger partial charge in [-0.15, -0.1) is 0 Å². The van der Waals surface area contributed by atoms with Gasteiger partial charge in [-0.05, 0) is 37.1 Å². The molecule has 0 bridgehead atoms. The Morgan fingerprint density at radius 1 is 1.38 bits per heavy atom. The largest absolute Gasteiger partial charge is 0.497 e. The van der Waals surface area contributed by atoms with E-state index in [9.17, 15) is 4.79 Å². The second kappa shape index (κ2) is 6.94. The predicted octanol–water partition coefficient (Wildman–Crippen LogP) is 2.09. The summed E-state index contributed by atoms with van der Waals surface area (Å²) in [6.07, 6.45) is 2.07. The molecule has 21 heavy (non-hydrogen) atoms. The number of piperidine rings is 1. The van der Waals surface area contributed by atoms with Crippen LogP contribution in [0.3, 0.4) is 0 Å². The summed E-state index contributed by atoms with van der Waals surface area (Å²) in [5.41, 5.74) is 1.11. The third kappa shape index (κ3) is 4.21. The Morgan fingerprint density at radius 3 is 2.67 bits per heavy atom. The average molecular weight is 290 g/mol. The fraction of sp³-hybridized carbons (Fsp3) is 0.588. The highest BCUT2D eigenvalue weighted by molar-refractivity contribution is 5.79. The van der Waals surface area contributed by atoms with E-state index < -0.39 is 0 Å². The molecular formula is C17H26N2O2. The number of hydrogen-bond donors (Lipinski definition) is 2. The van der Waals surface area contributed by atoms with Crippen LogP contribution in [-0.2, 0) is 10.2 Å². The van der Waals surface area contributed by atoms with Crippen LogP contribution in [0.1, 0.15) is 32.3 Å². The molecule has 1 aromatic rings. The molecule has 1 saturated heterocycles. The molecule has 0 aromatic heterocycles. The average Bonchev–Trinajstić information content (AvgIpc) is 2.53. The molecule has 1 aromatic carbocycles. The lowest BCUT2D eigenvalue weighted by molar-refractivity contribution is -0.125. The molecule has 1 aliphatic rings. The number of carbonyl (C=O) groups is 1. The Morgan fingerprint density at radius 2 is 2.10 bits per heavy atom. The zero-order valence-electron chi connectivity index (χ0n) is 13.2. The molecule has 0 saturated carbocycles. The van der Waals surface area contributed by atoms with Gasteiger partial charge >= 0.3 is 0 Å². The number of amides is 1. The Bertz CT molecular complexity index is 462. The molecule has 1 fully saturated rings. The van der Waals surface area contributed by atoms with Crippen molar-refractivity contribution in [1.82, 2.24) is 10.6 Å². The maximum atomic E-state index is 12.2. The molecule has 1 amide bonds. The monoisotopic (exact) mass is 290 g/mol. The van der Waals surface area contributed by atoms with Gasteiger partial charge in [0.15, 0.2) is 0 Å². The fourth-order valence-electron chi connectivity index (χ4n) is 2.67. The molecule has 1 unspecified atom stereocenters. The highest BCUT2D eigenvalue weighted by Gasteiger charge is 2.25. The SMILES string of the molecule is COc1ccc(C(C)(C)CNC(=O)C2CCCNC2)cc1. The standard InChI is InChI=1S/C17H26N2O2/c1-17(2,14-6-8-15(21-3)9-7-14)12-19-16(20)13-5-4-10-18-11-13/h6-9,13,18H,4-5,10-12H2,1-3H3,(H,19,20). The van der Waals surface area contributed by atoms with Gasteiger partial charge in [-0.25, -0.2) is 0 Å². The van der Waals surface area contributed by atoms with Crippen LogP contribution in [0.2, 0.25) is 0 Å². The van der Waals surface area contributed by atoms with Gasteiger partial charge in [0, 0.05) is 18.5 Å². The van der Waals surface area contributed by atoms with Crippen molar-refractivity contribution in [3.05, 3.63) is 29.8 Å². The van der Waals surface area contributed by atoms with Crippen LogP contribution >= 0.6 is 0 Å². The lowest BCUT2D eigenvalue weighted by Crippen LogP contribution is -2.44. The normalized spacial score (nSPS) is 19.1. The lowest BCUT2D eigenvalue weighted by atomic mass is 9.84. The second-order valence-electron chi connectivity index (χ2n) is 6.37. The first-order chi connectivity index (χ1) is 10.0. The van der Waals surface area contributed by atoms with Crippen molar-refractivity contribution >= 4 is 5.91 Å². The van der Waals surface area contributed by atoms with Crippen LogP contribution in [0.5, 0.6) is 5.75 Å². The number of hydrogen-bond acceptors (Lipinski definition) is 3. The van der Waals surface area contributed by atoms with Gasteiger partial charge in [-0.2, -0.15) is 0 Å². The summed E-state index contributed by atoms with van der Waals surface area (Å²) in [6, 6.07) is 8.05. The summed E-state index contributed by atoms with van der Waals surface area (Å²) >= 11 is 0. The predicted molar refractivity (Wildman–Crippen MR) is 84.6 cm³/mol. The molecule has 0 radical (unpaired) electrons. The molecule has 4 nitrogen and oxygen atoms in total. The number of ether oxygens (including phenoxy) is 1. The van der Waals surface area contributed by atoms with E-state index in [1.54, 1.807) is 7.11 Å². The van der Waals surface area contributed by atoms with Crippen molar-refractivity contribution in [2.75, 3.05) is 26.7 Å². The number of benzene rings is 1. The third-order valence-electron chi connectivity index (χ3n) is 4.24. The Balaban J connectivity index is 1.91. The first kappa shape index (κ1) is 15.8. The zero-order valence-corrected chi connectivity index (χ0v) is 13.2.